The summed E-state index contributed by atoms with van der Waals surface area (Å²) in [6, 6.07) is 1.81. The van der Waals surface area contributed by atoms with Gasteiger partial charge in [-0.1, -0.05) is 11.6 Å². The highest BCUT2D eigenvalue weighted by Gasteiger charge is 2.48. The molecule has 3 rings (SSSR count). The summed E-state index contributed by atoms with van der Waals surface area (Å²) in [7, 11) is 0. The van der Waals surface area contributed by atoms with Crippen LogP contribution >= 0.6 is 11.6 Å². The third-order valence-electron chi connectivity index (χ3n) is 3.18. The molecule has 0 bridgehead atoms. The van der Waals surface area contributed by atoms with Gasteiger partial charge in [0, 0.05) is 12.2 Å². The highest BCUT2D eigenvalue weighted by Crippen LogP contribution is 2.40. The average molecular weight is 255 g/mol. The molecule has 2 unspecified atom stereocenters. The summed E-state index contributed by atoms with van der Waals surface area (Å²) in [4.78, 5) is 14.8. The maximum atomic E-state index is 11.0. The third kappa shape index (κ3) is 2.08. The van der Waals surface area contributed by atoms with Gasteiger partial charge in [0.2, 0.25) is 0 Å². The minimum absolute atomic E-state index is 0.149. The maximum absolute atomic E-state index is 11.0. The minimum atomic E-state index is -1.00. The largest absolute Gasteiger partial charge is 0.478 e. The molecule has 6 heteroatoms. The lowest BCUT2D eigenvalue weighted by molar-refractivity contribution is 0.0697. The molecule has 2 heterocycles. The van der Waals surface area contributed by atoms with E-state index in [9.17, 15) is 4.79 Å². The van der Waals surface area contributed by atoms with E-state index >= 15 is 0 Å². The summed E-state index contributed by atoms with van der Waals surface area (Å²) >= 11 is 5.78. The molecule has 2 aliphatic rings. The summed E-state index contributed by atoms with van der Waals surface area (Å²) in [5, 5.41) is 12.5. The lowest BCUT2D eigenvalue weighted by atomic mass is 10.2. The van der Waals surface area contributed by atoms with Gasteiger partial charge < -0.3 is 15.2 Å². The molecule has 5 nitrogen and oxygen atoms in total. The van der Waals surface area contributed by atoms with Crippen LogP contribution in [0.3, 0.4) is 0 Å². The number of carboxylic acid groups (broad SMARTS) is 1. The van der Waals surface area contributed by atoms with Crippen molar-refractivity contribution in [3.63, 3.8) is 0 Å². The Balaban J connectivity index is 1.80. The van der Waals surface area contributed by atoms with Crippen LogP contribution in [0.15, 0.2) is 12.3 Å². The third-order valence-corrected chi connectivity index (χ3v) is 3.39. The molecular weight excluding hydrogens is 244 g/mol. The second-order valence-electron chi connectivity index (χ2n) is 4.38. The van der Waals surface area contributed by atoms with Crippen molar-refractivity contribution < 1.29 is 14.6 Å². The molecule has 2 fully saturated rings. The number of hydrogen-bond donors (Lipinski definition) is 2. The van der Waals surface area contributed by atoms with Crippen molar-refractivity contribution in [1.82, 2.24) is 4.98 Å². The van der Waals surface area contributed by atoms with Gasteiger partial charge in [-0.2, -0.15) is 0 Å². The quantitative estimate of drug-likeness (QED) is 0.635. The number of nitrogens with one attached hydrogen (secondary N) is 1. The fourth-order valence-corrected chi connectivity index (χ4v) is 2.47. The number of halogens is 1. The van der Waals surface area contributed by atoms with Crippen molar-refractivity contribution in [2.45, 2.75) is 31.1 Å². The highest BCUT2D eigenvalue weighted by molar-refractivity contribution is 6.29. The SMILES string of the molecule is O=C(O)c1cnc(Cl)cc1NC1CC2OC2C1. The van der Waals surface area contributed by atoms with Crippen LogP contribution in [-0.2, 0) is 4.74 Å². The van der Waals surface area contributed by atoms with Crippen LogP contribution < -0.4 is 5.32 Å². The zero-order chi connectivity index (χ0) is 12.0. The van der Waals surface area contributed by atoms with Gasteiger partial charge in [-0.05, 0) is 18.9 Å². The number of aromatic carboxylic acids is 1. The average Bonchev–Trinajstić information content (AvgIpc) is 2.86. The number of ether oxygens (including phenoxy) is 1. The lowest BCUT2D eigenvalue weighted by Gasteiger charge is -2.16. The first-order valence-corrected chi connectivity index (χ1v) is 5.82. The molecule has 1 saturated carbocycles. The first-order valence-electron chi connectivity index (χ1n) is 5.44. The Morgan fingerprint density at radius 2 is 2.24 bits per heavy atom. The fourth-order valence-electron chi connectivity index (χ4n) is 2.31. The van der Waals surface area contributed by atoms with E-state index in [4.69, 9.17) is 21.4 Å². The van der Waals surface area contributed by atoms with Crippen molar-refractivity contribution in [3.05, 3.63) is 23.0 Å². The van der Waals surface area contributed by atoms with Crippen LogP contribution in [0.2, 0.25) is 5.15 Å². The van der Waals surface area contributed by atoms with Gasteiger partial charge in [-0.15, -0.1) is 0 Å². The van der Waals surface area contributed by atoms with Crippen LogP contribution in [0.25, 0.3) is 0 Å². The second kappa shape index (κ2) is 3.85. The predicted octanol–water partition coefficient (Wildman–Crippen LogP) is 1.77. The predicted molar refractivity (Wildman–Crippen MR) is 61.5 cm³/mol. The van der Waals surface area contributed by atoms with Gasteiger partial charge >= 0.3 is 5.97 Å². The number of nitrogens with zero attached hydrogens (tertiary/aromatic N) is 1. The van der Waals surface area contributed by atoms with Crippen LogP contribution in [0.4, 0.5) is 5.69 Å². The van der Waals surface area contributed by atoms with Gasteiger partial charge in [0.25, 0.3) is 0 Å². The van der Waals surface area contributed by atoms with Crippen LogP contribution in [0.5, 0.6) is 0 Å². The van der Waals surface area contributed by atoms with Crippen molar-refractivity contribution in [3.8, 4) is 0 Å². The smallest absolute Gasteiger partial charge is 0.339 e. The molecule has 1 aromatic rings. The number of pyridine rings is 1. The van der Waals surface area contributed by atoms with Gasteiger partial charge in [-0.3, -0.25) is 0 Å². The van der Waals surface area contributed by atoms with E-state index in [1.54, 1.807) is 6.07 Å². The number of carbonyl (C=O) groups is 1. The lowest BCUT2D eigenvalue weighted by Crippen LogP contribution is -2.20. The number of anilines is 1. The molecule has 0 aromatic carbocycles. The Morgan fingerprint density at radius 1 is 1.53 bits per heavy atom. The fraction of sp³-hybridized carbons (Fsp3) is 0.455. The standard InChI is InChI=1S/C11H11ClN2O3/c12-10-3-7(6(4-13-10)11(15)16)14-5-1-8-9(2-5)17-8/h3-5,8-9H,1-2H2,(H,13,14)(H,15,16). The Labute approximate surface area is 103 Å². The van der Waals surface area contributed by atoms with Gasteiger partial charge in [-0.25, -0.2) is 9.78 Å². The molecule has 1 saturated heterocycles. The van der Waals surface area contributed by atoms with Crippen LogP contribution in [-0.4, -0.2) is 34.3 Å². The molecule has 0 spiro atoms. The molecule has 0 amide bonds. The molecule has 17 heavy (non-hydrogen) atoms. The van der Waals surface area contributed by atoms with E-state index in [0.29, 0.717) is 17.9 Å². The summed E-state index contributed by atoms with van der Waals surface area (Å²) in [5.41, 5.74) is 0.680. The maximum Gasteiger partial charge on any atom is 0.339 e. The molecule has 1 aliphatic carbocycles. The number of aromatic nitrogens is 1. The van der Waals surface area contributed by atoms with E-state index in [0.717, 1.165) is 12.8 Å². The van der Waals surface area contributed by atoms with E-state index < -0.39 is 5.97 Å². The highest BCUT2D eigenvalue weighted by atomic mass is 35.5. The number of carboxylic acids is 1. The summed E-state index contributed by atoms with van der Waals surface area (Å²) in [5.74, 6) is -1.00. The summed E-state index contributed by atoms with van der Waals surface area (Å²) in [6.45, 7) is 0. The Kier molecular flexibility index (Phi) is 2.45. The number of epoxide rings is 1. The molecule has 2 N–H and O–H groups in total. The number of hydrogen-bond acceptors (Lipinski definition) is 4. The monoisotopic (exact) mass is 254 g/mol. The molecule has 0 radical (unpaired) electrons. The summed E-state index contributed by atoms with van der Waals surface area (Å²) in [6.07, 6.45) is 3.84. The van der Waals surface area contributed by atoms with E-state index in [-0.39, 0.29) is 16.8 Å². The van der Waals surface area contributed by atoms with E-state index in [1.807, 2.05) is 0 Å². The zero-order valence-electron chi connectivity index (χ0n) is 8.89. The van der Waals surface area contributed by atoms with Gasteiger partial charge in [0.15, 0.2) is 0 Å². The normalized spacial score (nSPS) is 29.8. The Bertz CT molecular complexity index is 470. The molecule has 1 aliphatic heterocycles. The van der Waals surface area contributed by atoms with Crippen LogP contribution in [0, 0.1) is 0 Å². The molecule has 2 atom stereocenters. The van der Waals surface area contributed by atoms with Crippen LogP contribution in [0.1, 0.15) is 23.2 Å². The van der Waals surface area contributed by atoms with Crippen molar-refractivity contribution in [2.75, 3.05) is 5.32 Å². The molecule has 90 valence electrons. The van der Waals surface area contributed by atoms with Crippen molar-refractivity contribution in [2.24, 2.45) is 0 Å². The number of rotatable bonds is 3. The zero-order valence-corrected chi connectivity index (χ0v) is 9.65. The second-order valence-corrected chi connectivity index (χ2v) is 4.77. The number of fused-ring (bicyclic) bond motifs is 1. The molecular formula is C11H11ClN2O3. The van der Waals surface area contributed by atoms with Crippen molar-refractivity contribution in [1.29, 1.82) is 0 Å². The Hall–Kier alpha value is -1.33. The minimum Gasteiger partial charge on any atom is -0.478 e. The van der Waals surface area contributed by atoms with E-state index in [1.165, 1.54) is 6.20 Å². The topological polar surface area (TPSA) is 74.8 Å². The van der Waals surface area contributed by atoms with Crippen molar-refractivity contribution >= 4 is 23.3 Å². The van der Waals surface area contributed by atoms with Gasteiger partial charge in [0.1, 0.15) is 10.7 Å². The first kappa shape index (κ1) is 10.8. The Morgan fingerprint density at radius 3 is 2.88 bits per heavy atom. The summed E-state index contributed by atoms with van der Waals surface area (Å²) < 4.78 is 5.33. The first-order chi connectivity index (χ1) is 8.13. The van der Waals surface area contributed by atoms with E-state index in [2.05, 4.69) is 10.3 Å². The molecule has 1 aromatic heterocycles. The van der Waals surface area contributed by atoms with Gasteiger partial charge in [0.05, 0.1) is 17.9 Å².